The van der Waals surface area contributed by atoms with Crippen LogP contribution in [0, 0.1) is 11.2 Å². The van der Waals surface area contributed by atoms with Crippen LogP contribution in [0.1, 0.15) is 18.4 Å². The van der Waals surface area contributed by atoms with Crippen molar-refractivity contribution in [3.8, 4) is 11.1 Å². The number of nitrogens with one attached hydrogen (secondary N) is 1. The Balaban J connectivity index is 1.84. The van der Waals surface area contributed by atoms with Gasteiger partial charge in [-0.1, -0.05) is 42.5 Å². The Morgan fingerprint density at radius 3 is 2.58 bits per heavy atom. The molecule has 1 heterocycles. The van der Waals surface area contributed by atoms with E-state index in [1.807, 2.05) is 18.2 Å². The molecule has 0 aliphatic carbocycles. The highest BCUT2D eigenvalue weighted by Gasteiger charge is 2.39. The van der Waals surface area contributed by atoms with Gasteiger partial charge in [0.05, 0.1) is 5.41 Å². The number of carbonyl (C=O) groups is 1. The zero-order valence-corrected chi connectivity index (χ0v) is 14.8. The molecule has 26 heavy (non-hydrogen) atoms. The van der Waals surface area contributed by atoms with Crippen molar-refractivity contribution >= 4 is 5.91 Å². The van der Waals surface area contributed by atoms with Crippen molar-refractivity contribution in [3.05, 3.63) is 72.6 Å². The average Bonchev–Trinajstić information content (AvgIpc) is 2.67. The van der Waals surface area contributed by atoms with Gasteiger partial charge in [0.1, 0.15) is 5.82 Å². The quantitative estimate of drug-likeness (QED) is 0.793. The Kier molecular flexibility index (Phi) is 5.84. The van der Waals surface area contributed by atoms with E-state index in [1.54, 1.807) is 18.2 Å². The first-order valence-corrected chi connectivity index (χ1v) is 8.95. The molecule has 1 aliphatic rings. The van der Waals surface area contributed by atoms with Crippen molar-refractivity contribution < 1.29 is 13.9 Å². The lowest BCUT2D eigenvalue weighted by atomic mass is 9.74. The SMILES string of the molecule is C=CCNC(=O)C1(Cc2cccc(-c3ccc(F)cc3)c2)CCOCC1. The Morgan fingerprint density at radius 1 is 1.15 bits per heavy atom. The van der Waals surface area contributed by atoms with Gasteiger partial charge in [-0.05, 0) is 48.1 Å². The number of hydrogen-bond acceptors (Lipinski definition) is 2. The van der Waals surface area contributed by atoms with E-state index in [0.29, 0.717) is 39.0 Å². The maximum Gasteiger partial charge on any atom is 0.226 e. The maximum atomic E-state index is 13.2. The Hall–Kier alpha value is -2.46. The van der Waals surface area contributed by atoms with Crippen molar-refractivity contribution in [2.24, 2.45) is 5.41 Å². The third kappa shape index (κ3) is 4.20. The first kappa shape index (κ1) is 18.3. The lowest BCUT2D eigenvalue weighted by Gasteiger charge is -2.36. The van der Waals surface area contributed by atoms with Crippen LogP contribution in [0.5, 0.6) is 0 Å². The summed E-state index contributed by atoms with van der Waals surface area (Å²) in [5, 5.41) is 2.96. The summed E-state index contributed by atoms with van der Waals surface area (Å²) in [7, 11) is 0. The van der Waals surface area contributed by atoms with Gasteiger partial charge < -0.3 is 10.1 Å². The number of benzene rings is 2. The van der Waals surface area contributed by atoms with E-state index < -0.39 is 5.41 Å². The lowest BCUT2D eigenvalue weighted by molar-refractivity contribution is -0.136. The second kappa shape index (κ2) is 8.28. The normalized spacial score (nSPS) is 16.0. The van der Waals surface area contributed by atoms with E-state index in [9.17, 15) is 9.18 Å². The molecule has 136 valence electrons. The van der Waals surface area contributed by atoms with E-state index in [0.717, 1.165) is 16.7 Å². The summed E-state index contributed by atoms with van der Waals surface area (Å²) in [6.07, 6.45) is 3.77. The first-order chi connectivity index (χ1) is 12.6. The topological polar surface area (TPSA) is 38.3 Å². The highest BCUT2D eigenvalue weighted by atomic mass is 19.1. The number of rotatable bonds is 6. The van der Waals surface area contributed by atoms with Crippen molar-refractivity contribution in [1.29, 1.82) is 0 Å². The number of hydrogen-bond donors (Lipinski definition) is 1. The molecule has 0 saturated carbocycles. The molecule has 0 unspecified atom stereocenters. The van der Waals surface area contributed by atoms with Gasteiger partial charge in [0.2, 0.25) is 5.91 Å². The third-order valence-corrected chi connectivity index (χ3v) is 4.99. The van der Waals surface area contributed by atoms with Crippen molar-refractivity contribution in [2.45, 2.75) is 19.3 Å². The van der Waals surface area contributed by atoms with Crippen LogP contribution in [-0.2, 0) is 16.0 Å². The molecule has 2 aromatic rings. The maximum absolute atomic E-state index is 13.2. The highest BCUT2D eigenvalue weighted by molar-refractivity contribution is 5.83. The van der Waals surface area contributed by atoms with E-state index in [4.69, 9.17) is 4.74 Å². The molecule has 0 spiro atoms. The standard InChI is InChI=1S/C22H24FNO2/c1-2-12-24-21(25)22(10-13-26-14-11-22)16-17-4-3-5-19(15-17)18-6-8-20(23)9-7-18/h2-9,15H,1,10-14,16H2,(H,24,25). The van der Waals surface area contributed by atoms with Crippen LogP contribution in [0.4, 0.5) is 4.39 Å². The van der Waals surface area contributed by atoms with E-state index in [1.165, 1.54) is 12.1 Å². The predicted octanol–water partition coefficient (Wildman–Crippen LogP) is 4.13. The molecule has 1 fully saturated rings. The van der Waals surface area contributed by atoms with Crippen LogP contribution in [0.2, 0.25) is 0 Å². The number of halogens is 1. The second-order valence-corrected chi connectivity index (χ2v) is 6.78. The minimum Gasteiger partial charge on any atom is -0.381 e. The molecule has 3 rings (SSSR count). The summed E-state index contributed by atoms with van der Waals surface area (Å²) in [6.45, 7) is 5.33. The monoisotopic (exact) mass is 353 g/mol. The van der Waals surface area contributed by atoms with Gasteiger partial charge >= 0.3 is 0 Å². The van der Waals surface area contributed by atoms with Gasteiger partial charge in [0.15, 0.2) is 0 Å². The van der Waals surface area contributed by atoms with Crippen LogP contribution in [-0.4, -0.2) is 25.7 Å². The van der Waals surface area contributed by atoms with Crippen LogP contribution >= 0.6 is 0 Å². The summed E-state index contributed by atoms with van der Waals surface area (Å²) in [6, 6.07) is 14.6. The molecule has 1 N–H and O–H groups in total. The second-order valence-electron chi connectivity index (χ2n) is 6.78. The number of ether oxygens (including phenoxy) is 1. The summed E-state index contributed by atoms with van der Waals surface area (Å²) in [5.41, 5.74) is 2.63. The minimum atomic E-state index is -0.456. The smallest absolute Gasteiger partial charge is 0.226 e. The molecular weight excluding hydrogens is 329 g/mol. The van der Waals surface area contributed by atoms with Crippen molar-refractivity contribution in [2.75, 3.05) is 19.8 Å². The molecule has 1 saturated heterocycles. The van der Waals surface area contributed by atoms with Crippen LogP contribution < -0.4 is 5.32 Å². The van der Waals surface area contributed by atoms with Gasteiger partial charge in [-0.2, -0.15) is 0 Å². The fourth-order valence-electron chi connectivity index (χ4n) is 3.49. The van der Waals surface area contributed by atoms with Crippen LogP contribution in [0.3, 0.4) is 0 Å². The molecule has 1 aliphatic heterocycles. The average molecular weight is 353 g/mol. The van der Waals surface area contributed by atoms with E-state index >= 15 is 0 Å². The Bertz CT molecular complexity index is 764. The summed E-state index contributed by atoms with van der Waals surface area (Å²) < 4.78 is 18.7. The van der Waals surface area contributed by atoms with Gasteiger partial charge in [0, 0.05) is 19.8 Å². The van der Waals surface area contributed by atoms with Gasteiger partial charge in [0.25, 0.3) is 0 Å². The number of carbonyl (C=O) groups excluding carboxylic acids is 1. The van der Waals surface area contributed by atoms with Gasteiger partial charge in [-0.3, -0.25) is 4.79 Å². The van der Waals surface area contributed by atoms with E-state index in [2.05, 4.69) is 18.0 Å². The highest BCUT2D eigenvalue weighted by Crippen LogP contribution is 2.35. The van der Waals surface area contributed by atoms with Gasteiger partial charge in [-0.15, -0.1) is 6.58 Å². The molecule has 3 nitrogen and oxygen atoms in total. The predicted molar refractivity (Wildman–Crippen MR) is 101 cm³/mol. The fraction of sp³-hybridized carbons (Fsp3) is 0.318. The zero-order chi connectivity index (χ0) is 18.4. The summed E-state index contributed by atoms with van der Waals surface area (Å²) >= 11 is 0. The molecule has 0 aromatic heterocycles. The fourth-order valence-corrected chi connectivity index (χ4v) is 3.49. The van der Waals surface area contributed by atoms with E-state index in [-0.39, 0.29) is 11.7 Å². The van der Waals surface area contributed by atoms with Crippen molar-refractivity contribution in [1.82, 2.24) is 5.32 Å². The Morgan fingerprint density at radius 2 is 1.88 bits per heavy atom. The van der Waals surface area contributed by atoms with Crippen LogP contribution in [0.15, 0.2) is 61.2 Å². The molecule has 1 amide bonds. The lowest BCUT2D eigenvalue weighted by Crippen LogP contribution is -2.46. The molecule has 0 bridgehead atoms. The summed E-state index contributed by atoms with van der Waals surface area (Å²) in [5.74, 6) is -0.183. The molecular formula is C22H24FNO2. The van der Waals surface area contributed by atoms with Crippen LogP contribution in [0.25, 0.3) is 11.1 Å². The van der Waals surface area contributed by atoms with Gasteiger partial charge in [-0.25, -0.2) is 4.39 Å². The zero-order valence-electron chi connectivity index (χ0n) is 14.8. The first-order valence-electron chi connectivity index (χ1n) is 8.95. The van der Waals surface area contributed by atoms with Crippen molar-refractivity contribution in [3.63, 3.8) is 0 Å². The summed E-state index contributed by atoms with van der Waals surface area (Å²) in [4.78, 5) is 12.8. The molecule has 0 radical (unpaired) electrons. The molecule has 0 atom stereocenters. The molecule has 4 heteroatoms. The third-order valence-electron chi connectivity index (χ3n) is 4.99. The molecule has 2 aromatic carbocycles. The minimum absolute atomic E-state index is 0.0629. The largest absolute Gasteiger partial charge is 0.381 e. The Labute approximate surface area is 153 Å². The number of amides is 1.